The fourth-order valence-electron chi connectivity index (χ4n) is 4.43. The predicted molar refractivity (Wildman–Crippen MR) is 101 cm³/mol. The Morgan fingerprint density at radius 3 is 2.60 bits per heavy atom. The minimum absolute atomic E-state index is 0.0343. The van der Waals surface area contributed by atoms with Gasteiger partial charge in [-0.2, -0.15) is 0 Å². The first kappa shape index (κ1) is 16.6. The normalized spacial score (nSPS) is 20.8. The van der Waals surface area contributed by atoms with E-state index in [0.29, 0.717) is 0 Å². The lowest BCUT2D eigenvalue weighted by Gasteiger charge is -2.39. The molecular weight excluding hydrogens is 312 g/mol. The molecule has 0 atom stereocenters. The maximum absolute atomic E-state index is 11.9. The maximum Gasteiger partial charge on any atom is 0.255 e. The Balaban J connectivity index is 1.42. The Kier molecular flexibility index (Phi) is 4.80. The van der Waals surface area contributed by atoms with E-state index >= 15 is 0 Å². The van der Waals surface area contributed by atoms with E-state index in [1.54, 1.807) is 6.20 Å². The van der Waals surface area contributed by atoms with Gasteiger partial charge in [0, 0.05) is 30.7 Å². The van der Waals surface area contributed by atoms with Crippen molar-refractivity contribution in [3.63, 3.8) is 0 Å². The molecule has 0 amide bonds. The molecule has 1 aliphatic heterocycles. The highest BCUT2D eigenvalue weighted by Gasteiger charge is 2.27. The second kappa shape index (κ2) is 7.20. The van der Waals surface area contributed by atoms with Crippen LogP contribution in [-0.4, -0.2) is 35.1 Å². The number of fused-ring (bicyclic) bond motifs is 1. The number of aryl methyl sites for hydroxylation is 1. The van der Waals surface area contributed by atoms with Crippen LogP contribution in [0.25, 0.3) is 10.8 Å². The van der Waals surface area contributed by atoms with E-state index in [2.05, 4.69) is 9.88 Å². The fourth-order valence-corrected chi connectivity index (χ4v) is 4.43. The van der Waals surface area contributed by atoms with Crippen molar-refractivity contribution in [2.45, 2.75) is 64.0 Å². The molecule has 1 aromatic heterocycles. The Morgan fingerprint density at radius 2 is 1.84 bits per heavy atom. The minimum atomic E-state index is -0.0343. The third kappa shape index (κ3) is 3.59. The van der Waals surface area contributed by atoms with Crippen molar-refractivity contribution in [2.75, 3.05) is 13.1 Å². The first-order valence-electron chi connectivity index (χ1n) is 9.73. The van der Waals surface area contributed by atoms with Gasteiger partial charge in [-0.1, -0.05) is 19.3 Å². The molecular formula is C21H28N2O2. The zero-order valence-corrected chi connectivity index (χ0v) is 15.1. The van der Waals surface area contributed by atoms with Gasteiger partial charge in [-0.25, -0.2) is 0 Å². The van der Waals surface area contributed by atoms with Crippen molar-refractivity contribution in [3.8, 4) is 5.75 Å². The van der Waals surface area contributed by atoms with Crippen molar-refractivity contribution < 1.29 is 4.74 Å². The summed E-state index contributed by atoms with van der Waals surface area (Å²) in [5.41, 5.74) is 1.01. The van der Waals surface area contributed by atoms with Crippen molar-refractivity contribution in [2.24, 2.45) is 0 Å². The summed E-state index contributed by atoms with van der Waals surface area (Å²) in [6.45, 7) is 4.33. The number of piperidine rings is 1. The summed E-state index contributed by atoms with van der Waals surface area (Å²) < 4.78 is 6.33. The molecule has 2 fully saturated rings. The molecule has 2 aromatic rings. The highest BCUT2D eigenvalue weighted by Crippen LogP contribution is 2.29. The smallest absolute Gasteiger partial charge is 0.255 e. The van der Waals surface area contributed by atoms with Crippen molar-refractivity contribution in [1.29, 1.82) is 0 Å². The second-order valence-electron chi connectivity index (χ2n) is 7.66. The van der Waals surface area contributed by atoms with E-state index in [1.165, 1.54) is 32.1 Å². The fraction of sp³-hybridized carbons (Fsp3) is 0.571. The Morgan fingerprint density at radius 1 is 1.08 bits per heavy atom. The standard InChI is InChI=1S/C21H28N2O2/c1-15-13-19-16(7-10-22-21(19)24)14-20(15)25-18-8-11-23(12-9-18)17-5-3-2-4-6-17/h7,10,13-14,17-18H,2-6,8-9,11-12H2,1H3,(H,22,24). The van der Waals surface area contributed by atoms with E-state index in [-0.39, 0.29) is 11.7 Å². The summed E-state index contributed by atoms with van der Waals surface area (Å²) in [6, 6.07) is 6.71. The molecule has 4 rings (SSSR count). The van der Waals surface area contributed by atoms with Gasteiger partial charge >= 0.3 is 0 Å². The quantitative estimate of drug-likeness (QED) is 0.918. The lowest BCUT2D eigenvalue weighted by Crippen LogP contribution is -2.44. The molecule has 4 heteroatoms. The molecule has 0 radical (unpaired) electrons. The third-order valence-electron chi connectivity index (χ3n) is 5.93. The van der Waals surface area contributed by atoms with Gasteiger partial charge in [0.05, 0.1) is 0 Å². The molecule has 134 valence electrons. The molecule has 1 N–H and O–H groups in total. The molecule has 1 aliphatic carbocycles. The van der Waals surface area contributed by atoms with Crippen LogP contribution < -0.4 is 10.3 Å². The van der Waals surface area contributed by atoms with Crippen LogP contribution in [0.2, 0.25) is 0 Å². The number of nitrogens with zero attached hydrogens (tertiary/aromatic N) is 1. The molecule has 0 spiro atoms. The summed E-state index contributed by atoms with van der Waals surface area (Å²) >= 11 is 0. The highest BCUT2D eigenvalue weighted by molar-refractivity contribution is 5.83. The number of H-pyrrole nitrogens is 1. The van der Waals surface area contributed by atoms with Crippen LogP contribution >= 0.6 is 0 Å². The summed E-state index contributed by atoms with van der Waals surface area (Å²) in [5.74, 6) is 0.925. The lowest BCUT2D eigenvalue weighted by molar-refractivity contribution is 0.0628. The topological polar surface area (TPSA) is 45.3 Å². The van der Waals surface area contributed by atoms with Gasteiger partial charge < -0.3 is 14.6 Å². The van der Waals surface area contributed by atoms with Gasteiger partial charge in [-0.3, -0.25) is 4.79 Å². The Labute approximate surface area is 149 Å². The largest absolute Gasteiger partial charge is 0.490 e. The monoisotopic (exact) mass is 340 g/mol. The van der Waals surface area contributed by atoms with Crippen molar-refractivity contribution in [1.82, 2.24) is 9.88 Å². The van der Waals surface area contributed by atoms with Crippen LogP contribution in [-0.2, 0) is 0 Å². The van der Waals surface area contributed by atoms with Crippen molar-refractivity contribution >= 4 is 10.8 Å². The molecule has 2 heterocycles. The van der Waals surface area contributed by atoms with E-state index in [0.717, 1.165) is 54.1 Å². The van der Waals surface area contributed by atoms with E-state index in [1.807, 2.05) is 25.1 Å². The third-order valence-corrected chi connectivity index (χ3v) is 5.93. The SMILES string of the molecule is Cc1cc2c(=O)[nH]ccc2cc1OC1CCN(C2CCCCC2)CC1. The number of rotatable bonds is 3. The van der Waals surface area contributed by atoms with Gasteiger partial charge in [0.15, 0.2) is 0 Å². The van der Waals surface area contributed by atoms with Crippen LogP contribution in [0.1, 0.15) is 50.5 Å². The van der Waals surface area contributed by atoms with Gasteiger partial charge in [0.2, 0.25) is 0 Å². The number of pyridine rings is 1. The molecule has 25 heavy (non-hydrogen) atoms. The van der Waals surface area contributed by atoms with Gasteiger partial charge in [0.1, 0.15) is 11.9 Å². The lowest BCUT2D eigenvalue weighted by atomic mass is 9.92. The highest BCUT2D eigenvalue weighted by atomic mass is 16.5. The van der Waals surface area contributed by atoms with Crippen LogP contribution in [0.15, 0.2) is 29.2 Å². The van der Waals surface area contributed by atoms with Crippen molar-refractivity contribution in [3.05, 3.63) is 40.3 Å². The first-order chi connectivity index (χ1) is 12.2. The average Bonchev–Trinajstić information content (AvgIpc) is 2.65. The molecule has 4 nitrogen and oxygen atoms in total. The van der Waals surface area contributed by atoms with Crippen LogP contribution in [0.5, 0.6) is 5.75 Å². The summed E-state index contributed by atoms with van der Waals surface area (Å²) in [5, 5.41) is 1.68. The van der Waals surface area contributed by atoms with Crippen LogP contribution in [0.3, 0.4) is 0 Å². The van der Waals surface area contributed by atoms with Gasteiger partial charge in [-0.05, 0) is 61.8 Å². The van der Waals surface area contributed by atoms with Crippen LogP contribution in [0.4, 0.5) is 0 Å². The first-order valence-corrected chi connectivity index (χ1v) is 9.73. The minimum Gasteiger partial charge on any atom is -0.490 e. The van der Waals surface area contributed by atoms with E-state index < -0.39 is 0 Å². The van der Waals surface area contributed by atoms with E-state index in [9.17, 15) is 4.79 Å². The molecule has 0 bridgehead atoms. The molecule has 0 unspecified atom stereocenters. The molecule has 1 saturated heterocycles. The maximum atomic E-state index is 11.9. The number of aromatic nitrogens is 1. The predicted octanol–water partition coefficient (Wildman–Crippen LogP) is 4.01. The van der Waals surface area contributed by atoms with E-state index in [4.69, 9.17) is 4.74 Å². The number of likely N-dealkylation sites (tertiary alicyclic amines) is 1. The number of aromatic amines is 1. The molecule has 1 saturated carbocycles. The van der Waals surface area contributed by atoms with Gasteiger partial charge in [0.25, 0.3) is 5.56 Å². The second-order valence-corrected chi connectivity index (χ2v) is 7.66. The number of benzene rings is 1. The summed E-state index contributed by atoms with van der Waals surface area (Å²) in [4.78, 5) is 17.3. The molecule has 2 aliphatic rings. The number of nitrogens with one attached hydrogen (secondary N) is 1. The van der Waals surface area contributed by atoms with Crippen LogP contribution in [0, 0.1) is 6.92 Å². The number of hydrogen-bond acceptors (Lipinski definition) is 3. The number of hydrogen-bond donors (Lipinski definition) is 1. The zero-order valence-electron chi connectivity index (χ0n) is 15.1. The number of ether oxygens (including phenoxy) is 1. The zero-order chi connectivity index (χ0) is 17.2. The van der Waals surface area contributed by atoms with Gasteiger partial charge in [-0.15, -0.1) is 0 Å². The molecule has 1 aromatic carbocycles. The summed E-state index contributed by atoms with van der Waals surface area (Å²) in [7, 11) is 0. The Hall–Kier alpha value is -1.81. The summed E-state index contributed by atoms with van der Waals surface area (Å²) in [6.07, 6.45) is 11.2. The average molecular weight is 340 g/mol. The Bertz CT molecular complexity index is 784.